The normalized spacial score (nSPS) is 15.7. The number of likely N-dealkylation sites (tertiary alicyclic amines) is 1. The number of benzene rings is 1. The second-order valence-electron chi connectivity index (χ2n) is 6.36. The van der Waals surface area contributed by atoms with Gasteiger partial charge in [-0.25, -0.2) is 0 Å². The first-order valence-corrected chi connectivity index (χ1v) is 9.60. The van der Waals surface area contributed by atoms with Gasteiger partial charge in [-0.2, -0.15) is 0 Å². The molecule has 2 aromatic heterocycles. The lowest BCUT2D eigenvalue weighted by Crippen LogP contribution is -2.37. The number of carbonyl (C=O) groups is 1. The molecule has 3 aromatic rings. The number of rotatable bonds is 3. The molecule has 1 saturated heterocycles. The van der Waals surface area contributed by atoms with Crippen LogP contribution in [0.15, 0.2) is 35.8 Å². The quantitative estimate of drug-likeness (QED) is 0.707. The minimum absolute atomic E-state index is 0.0854. The highest BCUT2D eigenvalue weighted by Gasteiger charge is 2.26. The Morgan fingerprint density at radius 3 is 2.80 bits per heavy atom. The van der Waals surface area contributed by atoms with Crippen LogP contribution in [0.3, 0.4) is 0 Å². The van der Waals surface area contributed by atoms with Gasteiger partial charge in [-0.3, -0.25) is 4.79 Å². The Balaban J connectivity index is 1.49. The summed E-state index contributed by atoms with van der Waals surface area (Å²) in [4.78, 5) is 17.8. The van der Waals surface area contributed by atoms with E-state index < -0.39 is 0 Å². The van der Waals surface area contributed by atoms with Crippen LogP contribution in [0.4, 0.5) is 0 Å². The number of H-pyrrole nitrogens is 1. The molecule has 0 bridgehead atoms. The average molecular weight is 375 g/mol. The Kier molecular flexibility index (Phi) is 4.44. The first kappa shape index (κ1) is 16.5. The van der Waals surface area contributed by atoms with Crippen molar-refractivity contribution in [1.82, 2.24) is 9.88 Å². The van der Waals surface area contributed by atoms with Crippen molar-refractivity contribution in [3.8, 4) is 5.75 Å². The SMILES string of the molecule is COc1ccc2[nH]cc(C3CCN(C(=O)c4csc(Cl)c4)CC3)c2c1. The van der Waals surface area contributed by atoms with Crippen LogP contribution in [0, 0.1) is 0 Å². The summed E-state index contributed by atoms with van der Waals surface area (Å²) in [6.07, 6.45) is 4.03. The summed E-state index contributed by atoms with van der Waals surface area (Å²) in [5.74, 6) is 1.41. The number of carbonyl (C=O) groups excluding carboxylic acids is 1. The molecule has 0 spiro atoms. The monoisotopic (exact) mass is 374 g/mol. The van der Waals surface area contributed by atoms with E-state index in [9.17, 15) is 4.79 Å². The number of nitrogens with one attached hydrogen (secondary N) is 1. The number of piperidine rings is 1. The largest absolute Gasteiger partial charge is 0.497 e. The lowest BCUT2D eigenvalue weighted by atomic mass is 9.89. The third-order valence-corrected chi connectivity index (χ3v) is 6.05. The molecule has 0 atom stereocenters. The van der Waals surface area contributed by atoms with E-state index in [0.29, 0.717) is 15.8 Å². The number of thiophene rings is 1. The van der Waals surface area contributed by atoms with E-state index in [4.69, 9.17) is 16.3 Å². The first-order chi connectivity index (χ1) is 12.2. The molecular formula is C19H19ClN2O2S. The summed E-state index contributed by atoms with van der Waals surface area (Å²) in [6, 6.07) is 7.87. The predicted molar refractivity (Wildman–Crippen MR) is 102 cm³/mol. The first-order valence-electron chi connectivity index (χ1n) is 8.34. The molecular weight excluding hydrogens is 356 g/mol. The number of aromatic amines is 1. The molecule has 1 aliphatic rings. The molecule has 0 unspecified atom stereocenters. The van der Waals surface area contributed by atoms with Crippen LogP contribution >= 0.6 is 22.9 Å². The highest BCUT2D eigenvalue weighted by molar-refractivity contribution is 7.14. The van der Waals surface area contributed by atoms with Crippen molar-refractivity contribution in [3.05, 3.63) is 51.3 Å². The fourth-order valence-corrected chi connectivity index (χ4v) is 4.44. The summed E-state index contributed by atoms with van der Waals surface area (Å²) >= 11 is 7.35. The van der Waals surface area contributed by atoms with Gasteiger partial charge < -0.3 is 14.6 Å². The fraction of sp³-hybridized carbons (Fsp3) is 0.316. The van der Waals surface area contributed by atoms with Crippen LogP contribution in [-0.4, -0.2) is 36.0 Å². The highest BCUT2D eigenvalue weighted by Crippen LogP contribution is 2.35. The van der Waals surface area contributed by atoms with E-state index in [2.05, 4.69) is 23.3 Å². The Bertz CT molecular complexity index is 909. The molecule has 6 heteroatoms. The minimum Gasteiger partial charge on any atom is -0.497 e. The molecule has 1 aliphatic heterocycles. The van der Waals surface area contributed by atoms with Crippen molar-refractivity contribution < 1.29 is 9.53 Å². The van der Waals surface area contributed by atoms with Gasteiger partial charge in [-0.15, -0.1) is 11.3 Å². The Hall–Kier alpha value is -1.98. The zero-order valence-corrected chi connectivity index (χ0v) is 15.5. The Morgan fingerprint density at radius 1 is 1.32 bits per heavy atom. The molecule has 1 N–H and O–H groups in total. The summed E-state index contributed by atoms with van der Waals surface area (Å²) in [6.45, 7) is 1.54. The molecule has 0 radical (unpaired) electrons. The van der Waals surface area contributed by atoms with Crippen molar-refractivity contribution >= 4 is 39.7 Å². The van der Waals surface area contributed by atoms with E-state index >= 15 is 0 Å². The number of aromatic nitrogens is 1. The smallest absolute Gasteiger partial charge is 0.254 e. The van der Waals surface area contributed by atoms with Gasteiger partial charge in [0.25, 0.3) is 5.91 Å². The van der Waals surface area contributed by atoms with Crippen LogP contribution in [-0.2, 0) is 0 Å². The number of halogens is 1. The molecule has 0 saturated carbocycles. The molecule has 1 aromatic carbocycles. The van der Waals surface area contributed by atoms with Gasteiger partial charge in [0.15, 0.2) is 0 Å². The standard InChI is InChI=1S/C19H19ClN2O2S/c1-24-14-2-3-17-15(9-14)16(10-21-17)12-4-6-22(7-5-12)19(23)13-8-18(20)25-11-13/h2-3,8-12,21H,4-7H2,1H3. The molecule has 4 rings (SSSR count). The topological polar surface area (TPSA) is 45.3 Å². The van der Waals surface area contributed by atoms with Gasteiger partial charge in [-0.05, 0) is 48.6 Å². The number of nitrogens with zero attached hydrogens (tertiary/aromatic N) is 1. The lowest BCUT2D eigenvalue weighted by Gasteiger charge is -2.32. The van der Waals surface area contributed by atoms with Crippen molar-refractivity contribution in [1.29, 1.82) is 0 Å². The third-order valence-electron chi connectivity index (χ3n) is 4.96. The zero-order chi connectivity index (χ0) is 17.4. The number of ether oxygens (including phenoxy) is 1. The number of hydrogen-bond acceptors (Lipinski definition) is 3. The zero-order valence-electron chi connectivity index (χ0n) is 13.9. The highest BCUT2D eigenvalue weighted by atomic mass is 35.5. The molecule has 1 fully saturated rings. The lowest BCUT2D eigenvalue weighted by molar-refractivity contribution is 0.0714. The molecule has 1 amide bonds. The van der Waals surface area contributed by atoms with Gasteiger partial charge in [0.1, 0.15) is 5.75 Å². The van der Waals surface area contributed by atoms with Gasteiger partial charge >= 0.3 is 0 Å². The fourth-order valence-electron chi connectivity index (χ4n) is 3.58. The van der Waals surface area contributed by atoms with E-state index in [1.54, 1.807) is 13.2 Å². The molecule has 0 aliphatic carbocycles. The Morgan fingerprint density at radius 2 is 2.12 bits per heavy atom. The molecule has 25 heavy (non-hydrogen) atoms. The maximum absolute atomic E-state index is 12.6. The Labute approximate surface area is 155 Å². The third kappa shape index (κ3) is 3.14. The predicted octanol–water partition coefficient (Wildman–Crippen LogP) is 4.91. The summed E-state index contributed by atoms with van der Waals surface area (Å²) in [7, 11) is 1.69. The number of methoxy groups -OCH3 is 1. The maximum atomic E-state index is 12.6. The molecule has 130 valence electrons. The van der Waals surface area contributed by atoms with Crippen molar-refractivity contribution in [2.24, 2.45) is 0 Å². The van der Waals surface area contributed by atoms with E-state index in [0.717, 1.165) is 37.2 Å². The molecule has 3 heterocycles. The van der Waals surface area contributed by atoms with Crippen molar-refractivity contribution in [2.45, 2.75) is 18.8 Å². The van der Waals surface area contributed by atoms with Gasteiger partial charge in [0.2, 0.25) is 0 Å². The number of amides is 1. The van der Waals surface area contributed by atoms with E-state index in [-0.39, 0.29) is 5.91 Å². The van der Waals surface area contributed by atoms with Crippen LogP contribution in [0.2, 0.25) is 4.34 Å². The number of hydrogen-bond donors (Lipinski definition) is 1. The van der Waals surface area contributed by atoms with E-state index in [1.807, 2.05) is 16.3 Å². The second kappa shape index (κ2) is 6.73. The second-order valence-corrected chi connectivity index (χ2v) is 7.90. The van der Waals surface area contributed by atoms with Gasteiger partial charge in [0.05, 0.1) is 17.0 Å². The summed E-state index contributed by atoms with van der Waals surface area (Å²) in [5, 5.41) is 3.05. The van der Waals surface area contributed by atoms with E-state index in [1.165, 1.54) is 22.3 Å². The van der Waals surface area contributed by atoms with Crippen LogP contribution in [0.5, 0.6) is 5.75 Å². The maximum Gasteiger partial charge on any atom is 0.254 e. The van der Waals surface area contributed by atoms with Crippen LogP contribution in [0.25, 0.3) is 10.9 Å². The van der Waals surface area contributed by atoms with Crippen molar-refractivity contribution in [2.75, 3.05) is 20.2 Å². The minimum atomic E-state index is 0.0854. The number of fused-ring (bicyclic) bond motifs is 1. The van der Waals surface area contributed by atoms with Crippen LogP contribution < -0.4 is 4.74 Å². The summed E-state index contributed by atoms with van der Waals surface area (Å²) < 4.78 is 6.02. The van der Waals surface area contributed by atoms with Gasteiger partial charge in [-0.1, -0.05) is 11.6 Å². The van der Waals surface area contributed by atoms with Crippen molar-refractivity contribution in [3.63, 3.8) is 0 Å². The molecule has 4 nitrogen and oxygen atoms in total. The van der Waals surface area contributed by atoms with Crippen LogP contribution in [0.1, 0.15) is 34.7 Å². The summed E-state index contributed by atoms with van der Waals surface area (Å²) in [5.41, 5.74) is 3.15. The average Bonchev–Trinajstić information content (AvgIpc) is 3.27. The van der Waals surface area contributed by atoms with Gasteiger partial charge in [0, 0.05) is 35.6 Å².